The fourth-order valence-corrected chi connectivity index (χ4v) is 1.89. The fraction of sp³-hybridized carbons (Fsp3) is 0.364. The minimum absolute atomic E-state index is 0. The average molecular weight is 244 g/mol. The van der Waals surface area contributed by atoms with Gasteiger partial charge in [0.1, 0.15) is 11.8 Å². The molecule has 1 unspecified atom stereocenters. The number of carboxylic acids is 1. The average Bonchev–Trinajstić information content (AvgIpc) is 2.61. The smallest absolute Gasteiger partial charge is 0.326 e. The number of anilines is 1. The molecule has 0 radical (unpaired) electrons. The van der Waals surface area contributed by atoms with Crippen molar-refractivity contribution in [1.29, 1.82) is 0 Å². The Morgan fingerprint density at radius 2 is 2.25 bits per heavy atom. The molecule has 1 aromatic carbocycles. The lowest BCUT2D eigenvalue weighted by Gasteiger charge is -2.07. The number of carboxylic acid groups (broad SMARTS) is 1. The predicted molar refractivity (Wildman–Crippen MR) is 63.7 cm³/mol. The number of methoxy groups -OCH3 is 1. The van der Waals surface area contributed by atoms with Gasteiger partial charge in [-0.2, -0.15) is 0 Å². The third kappa shape index (κ3) is 2.07. The van der Waals surface area contributed by atoms with Crippen molar-refractivity contribution in [1.82, 2.24) is 0 Å². The first kappa shape index (κ1) is 12.6. The van der Waals surface area contributed by atoms with Gasteiger partial charge in [0, 0.05) is 18.2 Å². The zero-order valence-electron chi connectivity index (χ0n) is 9.11. The normalized spacial score (nSPS) is 17.0. The number of hydrogen-bond acceptors (Lipinski definition) is 3. The van der Waals surface area contributed by atoms with Gasteiger partial charge in [0.2, 0.25) is 0 Å². The van der Waals surface area contributed by atoms with Gasteiger partial charge in [-0.3, -0.25) is 0 Å². The molecule has 2 N–H and O–H groups in total. The van der Waals surface area contributed by atoms with E-state index in [2.05, 4.69) is 5.32 Å². The topological polar surface area (TPSA) is 58.6 Å². The van der Waals surface area contributed by atoms with E-state index in [0.29, 0.717) is 6.42 Å². The van der Waals surface area contributed by atoms with Gasteiger partial charge in [0.15, 0.2) is 0 Å². The van der Waals surface area contributed by atoms with Gasteiger partial charge in [0.25, 0.3) is 0 Å². The summed E-state index contributed by atoms with van der Waals surface area (Å²) in [6, 6.07) is 3.25. The van der Waals surface area contributed by atoms with Crippen molar-refractivity contribution in [3.05, 3.63) is 23.3 Å². The van der Waals surface area contributed by atoms with Crippen LogP contribution in [0.15, 0.2) is 12.1 Å². The van der Waals surface area contributed by atoms with Crippen LogP contribution < -0.4 is 10.1 Å². The van der Waals surface area contributed by atoms with Crippen molar-refractivity contribution in [3.8, 4) is 5.75 Å². The summed E-state index contributed by atoms with van der Waals surface area (Å²) in [5.41, 5.74) is 3.02. The van der Waals surface area contributed by atoms with Gasteiger partial charge < -0.3 is 15.2 Å². The molecular formula is C11H14ClNO3. The Morgan fingerprint density at radius 1 is 1.56 bits per heavy atom. The largest absolute Gasteiger partial charge is 0.497 e. The third-order valence-electron chi connectivity index (χ3n) is 2.72. The maximum atomic E-state index is 10.8. The highest BCUT2D eigenvalue weighted by atomic mass is 35.5. The van der Waals surface area contributed by atoms with Gasteiger partial charge >= 0.3 is 5.97 Å². The van der Waals surface area contributed by atoms with Crippen LogP contribution in [0, 0.1) is 6.92 Å². The molecule has 4 nitrogen and oxygen atoms in total. The molecule has 0 saturated carbocycles. The van der Waals surface area contributed by atoms with E-state index in [-0.39, 0.29) is 12.4 Å². The molecule has 5 heteroatoms. The minimum atomic E-state index is -0.815. The number of rotatable bonds is 2. The first-order valence-electron chi connectivity index (χ1n) is 4.78. The second-order valence-electron chi connectivity index (χ2n) is 3.71. The molecule has 1 heterocycles. The van der Waals surface area contributed by atoms with Crippen LogP contribution in [0.2, 0.25) is 0 Å². The van der Waals surface area contributed by atoms with E-state index < -0.39 is 12.0 Å². The summed E-state index contributed by atoms with van der Waals surface area (Å²) >= 11 is 0. The zero-order valence-corrected chi connectivity index (χ0v) is 9.93. The quantitative estimate of drug-likeness (QED) is 0.832. The Bertz CT molecular complexity index is 420. The number of carbonyl (C=O) groups is 1. The summed E-state index contributed by atoms with van der Waals surface area (Å²) in [7, 11) is 1.60. The maximum absolute atomic E-state index is 10.8. The molecule has 0 fully saturated rings. The van der Waals surface area contributed by atoms with E-state index >= 15 is 0 Å². The number of halogens is 1. The molecule has 2 rings (SSSR count). The van der Waals surface area contributed by atoms with E-state index in [0.717, 1.165) is 22.6 Å². The van der Waals surface area contributed by atoms with Gasteiger partial charge in [-0.1, -0.05) is 0 Å². The Kier molecular flexibility index (Phi) is 3.65. The van der Waals surface area contributed by atoms with Crippen LogP contribution >= 0.6 is 12.4 Å². The SMILES string of the molecule is COc1cc(C)c2c(c1)NC(C(=O)O)C2.Cl. The number of hydrogen-bond donors (Lipinski definition) is 2. The number of aliphatic carboxylic acids is 1. The summed E-state index contributed by atoms with van der Waals surface area (Å²) in [6.07, 6.45) is 0.542. The second kappa shape index (κ2) is 4.61. The predicted octanol–water partition coefficient (Wildman–Crippen LogP) is 1.85. The fourth-order valence-electron chi connectivity index (χ4n) is 1.89. The summed E-state index contributed by atoms with van der Waals surface area (Å²) in [6.45, 7) is 1.97. The van der Waals surface area contributed by atoms with E-state index in [1.54, 1.807) is 7.11 Å². The number of nitrogens with one attached hydrogen (secondary N) is 1. The highest BCUT2D eigenvalue weighted by Crippen LogP contribution is 2.32. The van der Waals surface area contributed by atoms with Crippen LogP contribution in [0.1, 0.15) is 11.1 Å². The summed E-state index contributed by atoms with van der Waals surface area (Å²) in [4.78, 5) is 10.8. The van der Waals surface area contributed by atoms with Crippen molar-refractivity contribution >= 4 is 24.1 Å². The van der Waals surface area contributed by atoms with Gasteiger partial charge in [-0.25, -0.2) is 4.79 Å². The Hall–Kier alpha value is -1.42. The van der Waals surface area contributed by atoms with Gasteiger partial charge in [0.05, 0.1) is 7.11 Å². The standard InChI is InChI=1S/C11H13NO3.ClH/c1-6-3-7(15-2)4-9-8(6)5-10(12-9)11(13)14;/h3-4,10,12H,5H2,1-2H3,(H,13,14);1H. The lowest BCUT2D eigenvalue weighted by atomic mass is 10.0. The van der Waals surface area contributed by atoms with Crippen LogP contribution in [0.5, 0.6) is 5.75 Å². The van der Waals surface area contributed by atoms with E-state index in [1.165, 1.54) is 0 Å². The third-order valence-corrected chi connectivity index (χ3v) is 2.72. The molecule has 0 aromatic heterocycles. The van der Waals surface area contributed by atoms with E-state index in [1.807, 2.05) is 19.1 Å². The first-order chi connectivity index (χ1) is 7.11. The van der Waals surface area contributed by atoms with E-state index in [9.17, 15) is 4.79 Å². The van der Waals surface area contributed by atoms with Crippen molar-refractivity contribution in [2.75, 3.05) is 12.4 Å². The Labute approximate surface area is 100 Å². The molecule has 0 bridgehead atoms. The molecule has 16 heavy (non-hydrogen) atoms. The van der Waals surface area contributed by atoms with E-state index in [4.69, 9.17) is 9.84 Å². The number of aryl methyl sites for hydroxylation is 1. The number of benzene rings is 1. The zero-order chi connectivity index (χ0) is 11.0. The summed E-state index contributed by atoms with van der Waals surface area (Å²) in [5, 5.41) is 11.9. The minimum Gasteiger partial charge on any atom is -0.497 e. The van der Waals surface area contributed by atoms with Crippen LogP contribution in [0.4, 0.5) is 5.69 Å². The first-order valence-corrected chi connectivity index (χ1v) is 4.78. The van der Waals surface area contributed by atoms with Crippen LogP contribution in [-0.4, -0.2) is 24.2 Å². The molecule has 1 aliphatic rings. The summed E-state index contributed by atoms with van der Waals surface area (Å²) in [5.74, 6) is -0.0608. The molecule has 0 saturated heterocycles. The summed E-state index contributed by atoms with van der Waals surface area (Å²) < 4.78 is 5.13. The Balaban J connectivity index is 0.00000128. The second-order valence-corrected chi connectivity index (χ2v) is 3.71. The maximum Gasteiger partial charge on any atom is 0.326 e. The lowest BCUT2D eigenvalue weighted by Crippen LogP contribution is -2.26. The highest BCUT2D eigenvalue weighted by molar-refractivity contribution is 5.85. The highest BCUT2D eigenvalue weighted by Gasteiger charge is 2.27. The van der Waals surface area contributed by atoms with Crippen LogP contribution in [0.25, 0.3) is 0 Å². The number of ether oxygens (including phenoxy) is 1. The molecular weight excluding hydrogens is 230 g/mol. The molecule has 1 atom stereocenters. The van der Waals surface area contributed by atoms with Crippen molar-refractivity contribution in [3.63, 3.8) is 0 Å². The molecule has 88 valence electrons. The molecule has 1 aliphatic heterocycles. The monoisotopic (exact) mass is 243 g/mol. The Morgan fingerprint density at radius 3 is 2.81 bits per heavy atom. The van der Waals surface area contributed by atoms with Gasteiger partial charge in [-0.15, -0.1) is 12.4 Å². The number of fused-ring (bicyclic) bond motifs is 1. The molecule has 0 spiro atoms. The van der Waals surface area contributed by atoms with Crippen molar-refractivity contribution in [2.24, 2.45) is 0 Å². The molecule has 1 aromatic rings. The van der Waals surface area contributed by atoms with Gasteiger partial charge in [-0.05, 0) is 24.1 Å². The van der Waals surface area contributed by atoms with Crippen LogP contribution in [0.3, 0.4) is 0 Å². The van der Waals surface area contributed by atoms with Crippen molar-refractivity contribution < 1.29 is 14.6 Å². The lowest BCUT2D eigenvalue weighted by molar-refractivity contribution is -0.137. The van der Waals surface area contributed by atoms with Crippen molar-refractivity contribution in [2.45, 2.75) is 19.4 Å². The molecule has 0 aliphatic carbocycles. The molecule has 0 amide bonds. The van der Waals surface area contributed by atoms with Crippen LogP contribution in [-0.2, 0) is 11.2 Å².